The van der Waals surface area contributed by atoms with Gasteiger partial charge < -0.3 is 15.2 Å². The fourth-order valence-electron chi connectivity index (χ4n) is 2.17. The highest BCUT2D eigenvalue weighted by atomic mass is 32.2. The predicted molar refractivity (Wildman–Crippen MR) is 109 cm³/mol. The third-order valence-corrected chi connectivity index (χ3v) is 4.47. The zero-order valence-corrected chi connectivity index (χ0v) is 17.3. The lowest BCUT2D eigenvalue weighted by molar-refractivity contribution is 0.232. The van der Waals surface area contributed by atoms with Crippen molar-refractivity contribution < 1.29 is 27.7 Å². The molecule has 2 rings (SSSR count). The highest BCUT2D eigenvalue weighted by Crippen LogP contribution is 2.30. The van der Waals surface area contributed by atoms with Crippen LogP contribution in [0.2, 0.25) is 0 Å². The van der Waals surface area contributed by atoms with Crippen LogP contribution in [0.3, 0.4) is 0 Å². The van der Waals surface area contributed by atoms with Crippen LogP contribution in [-0.4, -0.2) is 44.6 Å². The summed E-state index contributed by atoms with van der Waals surface area (Å²) in [4.78, 5) is -0.0666. The fraction of sp³-hybridized carbons (Fsp3) is 0.222. The number of ether oxygens (including phenoxy) is 2. The van der Waals surface area contributed by atoms with Gasteiger partial charge in [0.2, 0.25) is 5.96 Å². The van der Waals surface area contributed by atoms with E-state index in [0.29, 0.717) is 5.75 Å². The normalized spacial score (nSPS) is 11.6. The van der Waals surface area contributed by atoms with Gasteiger partial charge in [-0.2, -0.15) is 13.5 Å². The number of methoxy groups -OCH3 is 2. The molecule has 0 aliphatic heterocycles. The van der Waals surface area contributed by atoms with E-state index in [0.717, 1.165) is 22.4 Å². The van der Waals surface area contributed by atoms with Gasteiger partial charge >= 0.3 is 0 Å². The molecule has 2 aromatic rings. The van der Waals surface area contributed by atoms with Gasteiger partial charge in [0, 0.05) is 11.1 Å². The molecule has 5 N–H and O–H groups in total. The van der Waals surface area contributed by atoms with Crippen molar-refractivity contribution in [1.82, 2.24) is 5.48 Å². The Kier molecular flexibility index (Phi) is 9.06. The smallest absolute Gasteiger partial charge is 0.294 e. The van der Waals surface area contributed by atoms with E-state index < -0.39 is 10.1 Å². The van der Waals surface area contributed by atoms with Gasteiger partial charge in [-0.3, -0.25) is 9.76 Å². The maximum Gasteiger partial charge on any atom is 0.294 e. The molecule has 0 bridgehead atoms. The summed E-state index contributed by atoms with van der Waals surface area (Å²) in [5.41, 5.74) is 9.42. The third-order valence-electron chi connectivity index (χ3n) is 3.61. The third kappa shape index (κ3) is 7.41. The van der Waals surface area contributed by atoms with Gasteiger partial charge in [0.25, 0.3) is 10.1 Å². The number of hydroxylamine groups is 1. The average molecular weight is 424 g/mol. The molecule has 158 valence electrons. The summed E-state index contributed by atoms with van der Waals surface area (Å²) in [7, 11) is -0.867. The highest BCUT2D eigenvalue weighted by Gasteiger charge is 2.09. The molecule has 0 aromatic heterocycles. The zero-order valence-electron chi connectivity index (χ0n) is 16.4. The first kappa shape index (κ1) is 23.9. The van der Waals surface area contributed by atoms with E-state index in [1.807, 2.05) is 13.8 Å². The first-order valence-corrected chi connectivity index (χ1v) is 9.60. The van der Waals surface area contributed by atoms with Crippen molar-refractivity contribution in [3.63, 3.8) is 0 Å². The largest absolute Gasteiger partial charge is 0.496 e. The van der Waals surface area contributed by atoms with Crippen LogP contribution >= 0.6 is 0 Å². The number of benzene rings is 2. The van der Waals surface area contributed by atoms with Gasteiger partial charge in [-0.25, -0.2) is 5.48 Å². The maximum atomic E-state index is 10.5. The van der Waals surface area contributed by atoms with E-state index in [1.165, 1.54) is 18.3 Å². The molecule has 0 fully saturated rings. The molecule has 2 aromatic carbocycles. The van der Waals surface area contributed by atoms with E-state index in [4.69, 9.17) is 25.0 Å². The molecular weight excluding hydrogens is 400 g/mol. The summed E-state index contributed by atoms with van der Waals surface area (Å²) in [6.07, 6.45) is 1.47. The monoisotopic (exact) mass is 424 g/mol. The topological polar surface area (TPSA) is 156 Å². The van der Waals surface area contributed by atoms with Crippen LogP contribution in [0.5, 0.6) is 11.5 Å². The minimum Gasteiger partial charge on any atom is -0.496 e. The number of hydrogen-bond acceptors (Lipinski definition) is 7. The molecule has 0 atom stereocenters. The molecule has 0 saturated heterocycles. The summed E-state index contributed by atoms with van der Waals surface area (Å²) in [5.74, 6) is 1.17. The van der Waals surface area contributed by atoms with E-state index in [2.05, 4.69) is 10.2 Å². The molecule has 0 radical (unpaired) electrons. The van der Waals surface area contributed by atoms with Gasteiger partial charge in [0.1, 0.15) is 11.5 Å². The standard InChI is InChI=1S/C11H16N4O3.C7H8O3S/c1-7-9(17-2)5-4-8(10(7)18-3)6-13-14-11(12)15-16;1-6-2-4-7(5-3-6)11(8,9)10/h4-6,16H,1-3H3,(H3,12,14,15);2-5H,1H3,(H,8,9,10). The van der Waals surface area contributed by atoms with E-state index in [-0.39, 0.29) is 10.9 Å². The highest BCUT2D eigenvalue weighted by molar-refractivity contribution is 7.85. The molecule has 0 spiro atoms. The summed E-state index contributed by atoms with van der Waals surface area (Å²) < 4.78 is 40.0. The molecule has 11 heteroatoms. The number of guanidine groups is 1. The first-order chi connectivity index (χ1) is 13.6. The van der Waals surface area contributed by atoms with Crippen LogP contribution in [0.15, 0.2) is 51.5 Å². The number of aryl methyl sites for hydroxylation is 1. The van der Waals surface area contributed by atoms with E-state index in [1.54, 1.807) is 44.0 Å². The van der Waals surface area contributed by atoms with Crippen LogP contribution in [0.25, 0.3) is 0 Å². The molecule has 10 nitrogen and oxygen atoms in total. The molecule has 0 aliphatic carbocycles. The Morgan fingerprint density at radius 1 is 1.10 bits per heavy atom. The van der Waals surface area contributed by atoms with Crippen LogP contribution < -0.4 is 20.7 Å². The predicted octanol–water partition coefficient (Wildman–Crippen LogP) is 1.88. The number of rotatable bonds is 5. The van der Waals surface area contributed by atoms with Crippen molar-refractivity contribution in [2.45, 2.75) is 18.7 Å². The van der Waals surface area contributed by atoms with Crippen molar-refractivity contribution in [2.75, 3.05) is 14.2 Å². The fourth-order valence-corrected chi connectivity index (χ4v) is 2.65. The second kappa shape index (κ2) is 11.0. The number of nitrogens with zero attached hydrogens (tertiary/aromatic N) is 2. The lowest BCUT2D eigenvalue weighted by atomic mass is 10.1. The molecule has 0 amide bonds. The Morgan fingerprint density at radius 2 is 1.72 bits per heavy atom. The van der Waals surface area contributed by atoms with Crippen LogP contribution in [0.1, 0.15) is 16.7 Å². The summed E-state index contributed by atoms with van der Waals surface area (Å²) in [6, 6.07) is 9.57. The lowest BCUT2D eigenvalue weighted by Gasteiger charge is -2.11. The minimum absolute atomic E-state index is 0.0666. The van der Waals surface area contributed by atoms with E-state index >= 15 is 0 Å². The van der Waals surface area contributed by atoms with Crippen molar-refractivity contribution in [1.29, 1.82) is 0 Å². The molecule has 0 unspecified atom stereocenters. The van der Waals surface area contributed by atoms with Gasteiger partial charge in [-0.1, -0.05) is 17.7 Å². The molecule has 0 saturated carbocycles. The second-order valence-electron chi connectivity index (χ2n) is 5.65. The summed E-state index contributed by atoms with van der Waals surface area (Å²) in [6.45, 7) is 3.72. The summed E-state index contributed by atoms with van der Waals surface area (Å²) >= 11 is 0. The molecule has 29 heavy (non-hydrogen) atoms. The summed E-state index contributed by atoms with van der Waals surface area (Å²) in [5, 5.41) is 15.6. The van der Waals surface area contributed by atoms with Crippen LogP contribution in [0.4, 0.5) is 0 Å². The maximum absolute atomic E-state index is 10.5. The van der Waals surface area contributed by atoms with Crippen LogP contribution in [-0.2, 0) is 10.1 Å². The Labute approximate surface area is 169 Å². The van der Waals surface area contributed by atoms with Gasteiger partial charge in [-0.15, -0.1) is 5.10 Å². The SMILES string of the molecule is COc1ccc(C=N/N=C(\N)NO)c(OC)c1C.Cc1ccc(S(=O)(=O)O)cc1. The van der Waals surface area contributed by atoms with Gasteiger partial charge in [0.15, 0.2) is 0 Å². The Hall–Kier alpha value is -3.15. The van der Waals surface area contributed by atoms with E-state index in [9.17, 15) is 8.42 Å². The number of nitrogens with one attached hydrogen (secondary N) is 1. The van der Waals surface area contributed by atoms with Crippen molar-refractivity contribution >= 4 is 22.3 Å². The Balaban J connectivity index is 0.000000326. The van der Waals surface area contributed by atoms with Gasteiger partial charge in [-0.05, 0) is 38.1 Å². The zero-order chi connectivity index (χ0) is 22.0. The number of nitrogens with two attached hydrogens (primary N) is 1. The van der Waals surface area contributed by atoms with Gasteiger partial charge in [0.05, 0.1) is 25.3 Å². The Morgan fingerprint density at radius 3 is 2.21 bits per heavy atom. The molecule has 0 aliphatic rings. The lowest BCUT2D eigenvalue weighted by Crippen LogP contribution is -2.27. The van der Waals surface area contributed by atoms with Crippen molar-refractivity contribution in [3.05, 3.63) is 53.1 Å². The quantitative estimate of drug-likeness (QED) is 0.245. The average Bonchev–Trinajstić information content (AvgIpc) is 2.68. The number of hydrogen-bond donors (Lipinski definition) is 4. The minimum atomic E-state index is -4.02. The second-order valence-corrected chi connectivity index (χ2v) is 7.07. The molecular formula is C18H24N4O6S. The van der Waals surface area contributed by atoms with Crippen molar-refractivity contribution in [3.8, 4) is 11.5 Å². The van der Waals surface area contributed by atoms with Crippen LogP contribution in [0, 0.1) is 13.8 Å². The van der Waals surface area contributed by atoms with Crippen molar-refractivity contribution in [2.24, 2.45) is 15.9 Å². The Bertz CT molecular complexity index is 973. The first-order valence-electron chi connectivity index (χ1n) is 8.16. The molecule has 0 heterocycles.